The molecule has 0 saturated carbocycles. The van der Waals surface area contributed by atoms with E-state index in [4.69, 9.17) is 0 Å². The van der Waals surface area contributed by atoms with Gasteiger partial charge < -0.3 is 5.43 Å². The predicted octanol–water partition coefficient (Wildman–Crippen LogP) is 0.226. The molecule has 4 heteroatoms. The lowest BCUT2D eigenvalue weighted by Gasteiger charge is -1.75. The van der Waals surface area contributed by atoms with E-state index in [1.165, 1.54) is 6.21 Å². The Bertz CT molecular complexity index is 232. The Morgan fingerprint density at radius 3 is 2.17 bits per heavy atom. The maximum Gasteiger partial charge on any atom is 0.196 e. The zero-order valence-corrected chi connectivity index (χ0v) is 6.47. The molecule has 1 aromatic rings. The molecule has 0 atom stereocenters. The maximum absolute atomic E-state index is 10.0. The van der Waals surface area contributed by atoms with Gasteiger partial charge in [-0.2, -0.15) is 5.10 Å². The van der Waals surface area contributed by atoms with E-state index >= 15 is 0 Å². The molecule has 1 N–H and O–H groups in total. The normalized spacial score (nSPS) is 13.2. The average Bonchev–Trinajstić information content (AvgIpc) is 2.60. The highest BCUT2D eigenvalue weighted by Gasteiger charge is 1.98. The summed E-state index contributed by atoms with van der Waals surface area (Å²) in [5.74, 6) is 0.0509. The first-order valence-electron chi connectivity index (χ1n) is 3.53. The summed E-state index contributed by atoms with van der Waals surface area (Å²) in [6.45, 7) is 0.375. The summed E-state index contributed by atoms with van der Waals surface area (Å²) in [6, 6.07) is 5.72. The van der Waals surface area contributed by atoms with Crippen molar-refractivity contribution in [2.45, 2.75) is 0 Å². The van der Waals surface area contributed by atoms with E-state index < -0.39 is 0 Å². The van der Waals surface area contributed by atoms with E-state index in [1.54, 1.807) is 12.4 Å². The third kappa shape index (κ3) is 3.46. The number of hydrogen-bond donors (Lipinski definition) is 1. The second-order valence-corrected chi connectivity index (χ2v) is 2.08. The van der Waals surface area contributed by atoms with Gasteiger partial charge in [0.05, 0.1) is 12.8 Å². The van der Waals surface area contributed by atoms with E-state index in [1.807, 2.05) is 18.2 Å². The predicted molar refractivity (Wildman–Crippen MR) is 45.7 cm³/mol. The summed E-state index contributed by atoms with van der Waals surface area (Å²) in [4.78, 5) is 13.8. The molecule has 1 aliphatic heterocycles. The Kier molecular flexibility index (Phi) is 3.50. The van der Waals surface area contributed by atoms with E-state index in [-0.39, 0.29) is 5.78 Å². The largest absolute Gasteiger partial charge is 0.302 e. The Hall–Kier alpha value is -1.71. The van der Waals surface area contributed by atoms with Crippen LogP contribution in [0.15, 0.2) is 35.7 Å². The van der Waals surface area contributed by atoms with Crippen molar-refractivity contribution in [2.24, 2.45) is 5.10 Å². The molecule has 0 aliphatic carbocycles. The minimum absolute atomic E-state index is 0.0509. The lowest BCUT2D eigenvalue weighted by Crippen LogP contribution is -2.07. The van der Waals surface area contributed by atoms with Crippen molar-refractivity contribution in [3.8, 4) is 0 Å². The molecule has 0 unspecified atom stereocenters. The molecule has 0 fully saturated rings. The fraction of sp³-hybridized carbons (Fsp3) is 0.125. The molecule has 1 aliphatic rings. The summed E-state index contributed by atoms with van der Waals surface area (Å²) < 4.78 is 0. The Morgan fingerprint density at radius 2 is 2.00 bits per heavy atom. The molecule has 2 rings (SSSR count). The summed E-state index contributed by atoms with van der Waals surface area (Å²) in [6.07, 6.45) is 4.78. The highest BCUT2D eigenvalue weighted by atomic mass is 16.1. The zero-order chi connectivity index (χ0) is 8.65. The van der Waals surface area contributed by atoms with E-state index in [0.29, 0.717) is 6.54 Å². The first kappa shape index (κ1) is 8.39. The van der Waals surface area contributed by atoms with Crippen molar-refractivity contribution in [3.05, 3.63) is 30.6 Å². The highest BCUT2D eigenvalue weighted by molar-refractivity contribution is 6.29. The van der Waals surface area contributed by atoms with Gasteiger partial charge in [0, 0.05) is 12.4 Å². The fourth-order valence-corrected chi connectivity index (χ4v) is 0.599. The molecule has 2 heterocycles. The first-order valence-corrected chi connectivity index (χ1v) is 3.53. The number of hydrogen-bond acceptors (Lipinski definition) is 4. The Morgan fingerprint density at radius 1 is 1.25 bits per heavy atom. The van der Waals surface area contributed by atoms with Crippen LogP contribution >= 0.6 is 0 Å². The molecule has 4 nitrogen and oxygen atoms in total. The van der Waals surface area contributed by atoms with Crippen LogP contribution in [0.1, 0.15) is 0 Å². The second kappa shape index (κ2) is 5.01. The van der Waals surface area contributed by atoms with Gasteiger partial charge >= 0.3 is 0 Å². The minimum atomic E-state index is 0.0509. The standard InChI is InChI=1S/C5H5N.C3H4N2O/c1-2-4-6-5-3-1;6-3-1-4-5-2-3/h1-5H;1,5H,2H2. The van der Waals surface area contributed by atoms with Crippen LogP contribution in [-0.4, -0.2) is 23.5 Å². The topological polar surface area (TPSA) is 54.4 Å². The van der Waals surface area contributed by atoms with Crippen molar-refractivity contribution < 1.29 is 4.79 Å². The fourth-order valence-electron chi connectivity index (χ4n) is 0.599. The van der Waals surface area contributed by atoms with Gasteiger partial charge in [-0.15, -0.1) is 0 Å². The van der Waals surface area contributed by atoms with Crippen LogP contribution in [0.25, 0.3) is 0 Å². The molecule has 1 aromatic heterocycles. The lowest BCUT2D eigenvalue weighted by molar-refractivity contribution is -0.111. The van der Waals surface area contributed by atoms with Crippen molar-refractivity contribution in [3.63, 3.8) is 0 Å². The lowest BCUT2D eigenvalue weighted by atomic mass is 10.5. The first-order chi connectivity index (χ1) is 5.89. The molecule has 0 aromatic carbocycles. The van der Waals surface area contributed by atoms with Gasteiger partial charge in [-0.05, 0) is 12.1 Å². The maximum atomic E-state index is 10.0. The molecule has 0 saturated heterocycles. The quantitative estimate of drug-likeness (QED) is 0.595. The number of aromatic nitrogens is 1. The monoisotopic (exact) mass is 163 g/mol. The van der Waals surface area contributed by atoms with Crippen LogP contribution in [0.2, 0.25) is 0 Å². The number of pyridine rings is 1. The number of Topliss-reactive ketones (excluding diaryl/α,β-unsaturated/α-hetero) is 1. The van der Waals surface area contributed by atoms with Gasteiger partial charge in [-0.25, -0.2) is 0 Å². The van der Waals surface area contributed by atoms with Gasteiger partial charge in [-0.3, -0.25) is 9.78 Å². The number of nitrogens with zero attached hydrogens (tertiary/aromatic N) is 2. The molecule has 0 amide bonds. The number of ketones is 1. The Balaban J connectivity index is 0.000000120. The van der Waals surface area contributed by atoms with Gasteiger partial charge in [0.25, 0.3) is 0 Å². The van der Waals surface area contributed by atoms with Gasteiger partial charge in [0.1, 0.15) is 0 Å². The average molecular weight is 163 g/mol. The smallest absolute Gasteiger partial charge is 0.196 e. The summed E-state index contributed by atoms with van der Waals surface area (Å²) in [5.41, 5.74) is 2.49. The van der Waals surface area contributed by atoms with Crippen LogP contribution in [0.3, 0.4) is 0 Å². The van der Waals surface area contributed by atoms with E-state index in [9.17, 15) is 4.79 Å². The van der Waals surface area contributed by atoms with Crippen LogP contribution in [0.4, 0.5) is 0 Å². The van der Waals surface area contributed by atoms with Crippen molar-refractivity contribution in [1.29, 1.82) is 0 Å². The van der Waals surface area contributed by atoms with Crippen molar-refractivity contribution in [1.82, 2.24) is 10.4 Å². The molecular weight excluding hydrogens is 154 g/mol. The zero-order valence-electron chi connectivity index (χ0n) is 6.47. The highest BCUT2D eigenvalue weighted by Crippen LogP contribution is 1.73. The SMILES string of the molecule is O=C1C=NNC1.c1ccncc1. The number of hydrazone groups is 1. The van der Waals surface area contributed by atoms with Gasteiger partial charge in [0.2, 0.25) is 0 Å². The number of nitrogens with one attached hydrogen (secondary N) is 1. The number of carbonyl (C=O) groups is 1. The molecule has 62 valence electrons. The summed E-state index contributed by atoms with van der Waals surface area (Å²) in [7, 11) is 0. The van der Waals surface area contributed by atoms with Gasteiger partial charge in [-0.1, -0.05) is 6.07 Å². The third-order valence-corrected chi connectivity index (χ3v) is 1.12. The molecule has 0 bridgehead atoms. The number of rotatable bonds is 0. The van der Waals surface area contributed by atoms with Crippen LogP contribution in [0.5, 0.6) is 0 Å². The number of carbonyl (C=O) groups excluding carboxylic acids is 1. The van der Waals surface area contributed by atoms with Gasteiger partial charge in [0.15, 0.2) is 5.78 Å². The summed E-state index contributed by atoms with van der Waals surface area (Å²) >= 11 is 0. The second-order valence-electron chi connectivity index (χ2n) is 2.08. The minimum Gasteiger partial charge on any atom is -0.302 e. The molecular formula is C8H9N3O. The van der Waals surface area contributed by atoms with Crippen molar-refractivity contribution in [2.75, 3.05) is 6.54 Å². The van der Waals surface area contributed by atoms with Crippen molar-refractivity contribution >= 4 is 12.0 Å². The van der Waals surface area contributed by atoms with Crippen LogP contribution in [-0.2, 0) is 4.79 Å². The van der Waals surface area contributed by atoms with E-state index in [2.05, 4.69) is 15.5 Å². The summed E-state index contributed by atoms with van der Waals surface area (Å²) in [5, 5.41) is 3.44. The molecule has 0 radical (unpaired) electrons. The third-order valence-electron chi connectivity index (χ3n) is 1.12. The van der Waals surface area contributed by atoms with Crippen LogP contribution < -0.4 is 5.43 Å². The van der Waals surface area contributed by atoms with Crippen LogP contribution in [0, 0.1) is 0 Å². The van der Waals surface area contributed by atoms with E-state index in [0.717, 1.165) is 0 Å². The Labute approximate surface area is 70.3 Å². The molecule has 0 spiro atoms. The molecule has 12 heavy (non-hydrogen) atoms.